The molecular formula is C25H26N6O3. The van der Waals surface area contributed by atoms with E-state index in [0.717, 1.165) is 16.8 Å². The average Bonchev–Trinajstić information content (AvgIpc) is 3.37. The molecule has 0 aliphatic carbocycles. The smallest absolute Gasteiger partial charge is 0.253 e. The Hall–Kier alpha value is -4.24. The van der Waals surface area contributed by atoms with Gasteiger partial charge in [-0.3, -0.25) is 4.79 Å². The lowest BCUT2D eigenvalue weighted by Gasteiger charge is -2.19. The standard InChI is InChI=1S/C25H26N6O3/c1-16-13-18(9-10-19(16)24(33)31(2)3)28-25-27-14-20(23-26-11-12-34-23)22(30-25)29-21(15-32)17-7-5-4-6-8-17/h4-14,21,32H,15H2,1-3H3,(H2,27,28,29,30)/t21-/m1/s1. The molecule has 0 aliphatic heterocycles. The van der Waals surface area contributed by atoms with Crippen molar-refractivity contribution in [2.45, 2.75) is 13.0 Å². The molecule has 4 aromatic rings. The molecule has 174 valence electrons. The van der Waals surface area contributed by atoms with Crippen LogP contribution in [0.5, 0.6) is 0 Å². The predicted octanol–water partition coefficient (Wildman–Crippen LogP) is 4.03. The van der Waals surface area contributed by atoms with E-state index in [1.165, 1.54) is 6.26 Å². The van der Waals surface area contributed by atoms with Gasteiger partial charge < -0.3 is 25.1 Å². The molecule has 2 aromatic carbocycles. The molecule has 0 saturated heterocycles. The van der Waals surface area contributed by atoms with Gasteiger partial charge in [0.1, 0.15) is 12.1 Å². The van der Waals surface area contributed by atoms with E-state index in [2.05, 4.69) is 25.6 Å². The lowest BCUT2D eigenvalue weighted by molar-refractivity contribution is 0.0827. The number of nitrogens with zero attached hydrogens (tertiary/aromatic N) is 4. The van der Waals surface area contributed by atoms with Crippen LogP contribution in [0.3, 0.4) is 0 Å². The van der Waals surface area contributed by atoms with Gasteiger partial charge in [-0.05, 0) is 36.2 Å². The zero-order valence-electron chi connectivity index (χ0n) is 19.2. The second-order valence-electron chi connectivity index (χ2n) is 7.94. The molecule has 2 aromatic heterocycles. The number of aliphatic hydroxyl groups excluding tert-OH is 1. The maximum Gasteiger partial charge on any atom is 0.253 e. The molecular weight excluding hydrogens is 432 g/mol. The number of aromatic nitrogens is 3. The Balaban J connectivity index is 1.65. The third-order valence-electron chi connectivity index (χ3n) is 5.27. The normalized spacial score (nSPS) is 11.6. The highest BCUT2D eigenvalue weighted by Crippen LogP contribution is 2.29. The molecule has 1 atom stereocenters. The van der Waals surface area contributed by atoms with E-state index in [4.69, 9.17) is 4.42 Å². The summed E-state index contributed by atoms with van der Waals surface area (Å²) in [6.07, 6.45) is 4.64. The highest BCUT2D eigenvalue weighted by Gasteiger charge is 2.18. The van der Waals surface area contributed by atoms with Gasteiger partial charge in [0, 0.05) is 31.5 Å². The van der Waals surface area contributed by atoms with Crippen LogP contribution in [-0.2, 0) is 0 Å². The summed E-state index contributed by atoms with van der Waals surface area (Å²) in [4.78, 5) is 27.1. The number of carbonyl (C=O) groups excluding carboxylic acids is 1. The Kier molecular flexibility index (Phi) is 6.84. The molecule has 0 aliphatic rings. The van der Waals surface area contributed by atoms with Gasteiger partial charge in [-0.1, -0.05) is 30.3 Å². The number of nitrogens with one attached hydrogen (secondary N) is 2. The Labute approximate surface area is 197 Å². The van der Waals surface area contributed by atoms with Crippen molar-refractivity contribution in [2.24, 2.45) is 0 Å². The van der Waals surface area contributed by atoms with E-state index in [0.29, 0.717) is 28.8 Å². The molecule has 0 saturated carbocycles. The molecule has 2 heterocycles. The minimum Gasteiger partial charge on any atom is -0.444 e. The summed E-state index contributed by atoms with van der Waals surface area (Å²) in [5.41, 5.74) is 3.68. The van der Waals surface area contributed by atoms with Crippen molar-refractivity contribution in [1.29, 1.82) is 0 Å². The van der Waals surface area contributed by atoms with E-state index >= 15 is 0 Å². The predicted molar refractivity (Wildman–Crippen MR) is 130 cm³/mol. The topological polar surface area (TPSA) is 116 Å². The van der Waals surface area contributed by atoms with Crippen LogP contribution in [-0.4, -0.2) is 51.6 Å². The van der Waals surface area contributed by atoms with Crippen molar-refractivity contribution in [2.75, 3.05) is 31.3 Å². The molecule has 9 nitrogen and oxygen atoms in total. The lowest BCUT2D eigenvalue weighted by Crippen LogP contribution is -2.22. The van der Waals surface area contributed by atoms with Gasteiger partial charge in [-0.15, -0.1) is 0 Å². The Bertz CT molecular complexity index is 1260. The first kappa shape index (κ1) is 22.9. The first-order chi connectivity index (χ1) is 16.5. The number of carbonyl (C=O) groups is 1. The number of aliphatic hydroxyl groups is 1. The first-order valence-electron chi connectivity index (χ1n) is 10.7. The largest absolute Gasteiger partial charge is 0.444 e. The van der Waals surface area contributed by atoms with Gasteiger partial charge in [0.05, 0.1) is 24.4 Å². The Morgan fingerprint density at radius 3 is 2.59 bits per heavy atom. The number of hydrogen-bond acceptors (Lipinski definition) is 8. The van der Waals surface area contributed by atoms with E-state index < -0.39 is 6.04 Å². The van der Waals surface area contributed by atoms with Crippen molar-refractivity contribution in [1.82, 2.24) is 19.9 Å². The van der Waals surface area contributed by atoms with Crippen LogP contribution < -0.4 is 10.6 Å². The van der Waals surface area contributed by atoms with Gasteiger partial charge in [0.2, 0.25) is 11.8 Å². The molecule has 0 bridgehead atoms. The first-order valence-corrected chi connectivity index (χ1v) is 10.7. The second kappa shape index (κ2) is 10.1. The number of anilines is 3. The fourth-order valence-electron chi connectivity index (χ4n) is 3.50. The monoisotopic (exact) mass is 458 g/mol. The Morgan fingerprint density at radius 1 is 1.15 bits per heavy atom. The van der Waals surface area contributed by atoms with Crippen LogP contribution in [0.4, 0.5) is 17.5 Å². The van der Waals surface area contributed by atoms with Crippen LogP contribution in [0.25, 0.3) is 11.5 Å². The summed E-state index contributed by atoms with van der Waals surface area (Å²) in [5, 5.41) is 16.5. The van der Waals surface area contributed by atoms with Crippen LogP contribution in [0, 0.1) is 6.92 Å². The van der Waals surface area contributed by atoms with Crippen LogP contribution in [0.2, 0.25) is 0 Å². The van der Waals surface area contributed by atoms with Crippen LogP contribution in [0.1, 0.15) is 27.5 Å². The van der Waals surface area contributed by atoms with Crippen molar-refractivity contribution < 1.29 is 14.3 Å². The number of benzene rings is 2. The highest BCUT2D eigenvalue weighted by molar-refractivity contribution is 5.95. The summed E-state index contributed by atoms with van der Waals surface area (Å²) in [5.74, 6) is 1.10. The lowest BCUT2D eigenvalue weighted by atomic mass is 10.1. The number of rotatable bonds is 8. The van der Waals surface area contributed by atoms with Crippen LogP contribution >= 0.6 is 0 Å². The number of amides is 1. The quantitative estimate of drug-likeness (QED) is 0.362. The second-order valence-corrected chi connectivity index (χ2v) is 7.94. The van der Waals surface area contributed by atoms with E-state index in [1.54, 1.807) is 37.5 Å². The Morgan fingerprint density at radius 2 is 1.94 bits per heavy atom. The summed E-state index contributed by atoms with van der Waals surface area (Å²) >= 11 is 0. The molecule has 0 fully saturated rings. The average molecular weight is 459 g/mol. The minimum atomic E-state index is -0.392. The highest BCUT2D eigenvalue weighted by atomic mass is 16.3. The van der Waals surface area contributed by atoms with E-state index in [-0.39, 0.29) is 12.5 Å². The van der Waals surface area contributed by atoms with Crippen molar-refractivity contribution in [3.8, 4) is 11.5 Å². The molecule has 1 amide bonds. The third kappa shape index (κ3) is 5.05. The van der Waals surface area contributed by atoms with Gasteiger partial charge in [0.25, 0.3) is 5.91 Å². The number of aryl methyl sites for hydroxylation is 1. The third-order valence-corrected chi connectivity index (χ3v) is 5.27. The fourth-order valence-corrected chi connectivity index (χ4v) is 3.50. The van der Waals surface area contributed by atoms with Crippen molar-refractivity contribution in [3.63, 3.8) is 0 Å². The summed E-state index contributed by atoms with van der Waals surface area (Å²) in [7, 11) is 3.45. The van der Waals surface area contributed by atoms with Crippen molar-refractivity contribution >= 4 is 23.4 Å². The van der Waals surface area contributed by atoms with Crippen molar-refractivity contribution in [3.05, 3.63) is 83.9 Å². The summed E-state index contributed by atoms with van der Waals surface area (Å²) < 4.78 is 5.46. The maximum atomic E-state index is 12.3. The summed E-state index contributed by atoms with van der Waals surface area (Å²) in [6.45, 7) is 1.75. The molecule has 34 heavy (non-hydrogen) atoms. The zero-order chi connectivity index (χ0) is 24.1. The molecule has 0 spiro atoms. The van der Waals surface area contributed by atoms with Gasteiger partial charge >= 0.3 is 0 Å². The van der Waals surface area contributed by atoms with E-state index in [1.807, 2.05) is 49.4 Å². The van der Waals surface area contributed by atoms with E-state index in [9.17, 15) is 9.90 Å². The van der Waals surface area contributed by atoms with Gasteiger partial charge in [0.15, 0.2) is 0 Å². The molecule has 0 unspecified atom stereocenters. The molecule has 3 N–H and O–H groups in total. The molecule has 0 radical (unpaired) electrons. The fraction of sp³-hybridized carbons (Fsp3) is 0.200. The molecule has 4 rings (SSSR count). The minimum absolute atomic E-state index is 0.0574. The number of hydrogen-bond donors (Lipinski definition) is 3. The maximum absolute atomic E-state index is 12.3. The van der Waals surface area contributed by atoms with Crippen LogP contribution in [0.15, 0.2) is 71.6 Å². The molecule has 9 heteroatoms. The number of oxazole rings is 1. The zero-order valence-corrected chi connectivity index (χ0v) is 19.2. The van der Waals surface area contributed by atoms with Gasteiger partial charge in [-0.2, -0.15) is 4.98 Å². The van der Waals surface area contributed by atoms with Gasteiger partial charge in [-0.25, -0.2) is 9.97 Å². The SMILES string of the molecule is Cc1cc(Nc2ncc(-c3ncco3)c(N[C@H](CO)c3ccccc3)n2)ccc1C(=O)N(C)C. The summed E-state index contributed by atoms with van der Waals surface area (Å²) in [6, 6.07) is 14.7.